The molecule has 0 spiro atoms. The van der Waals surface area contributed by atoms with Gasteiger partial charge in [-0.05, 0) is 12.1 Å². The van der Waals surface area contributed by atoms with E-state index in [1.54, 1.807) is 30.3 Å². The van der Waals surface area contributed by atoms with Gasteiger partial charge in [-0.3, -0.25) is 0 Å². The van der Waals surface area contributed by atoms with E-state index >= 15 is 0 Å². The van der Waals surface area contributed by atoms with Crippen molar-refractivity contribution >= 4 is 23.5 Å². The van der Waals surface area contributed by atoms with Crippen LogP contribution in [0.5, 0.6) is 0 Å². The van der Waals surface area contributed by atoms with Crippen molar-refractivity contribution in [2.75, 3.05) is 23.3 Å². The number of nitrogens with one attached hydrogen (secondary N) is 1. The molecule has 1 aliphatic rings. The Morgan fingerprint density at radius 1 is 1.08 bits per heavy atom. The van der Waals surface area contributed by atoms with Crippen LogP contribution in [0.15, 0.2) is 42.6 Å². The number of fused-ring (bicyclic) bond motifs is 1. The van der Waals surface area contributed by atoms with Gasteiger partial charge < -0.3 is 10.2 Å². The van der Waals surface area contributed by atoms with E-state index in [9.17, 15) is 22.0 Å². The minimum Gasteiger partial charge on any atom is -0.346 e. The molecule has 1 aromatic heterocycles. The van der Waals surface area contributed by atoms with Gasteiger partial charge in [0.25, 0.3) is 0 Å². The van der Waals surface area contributed by atoms with E-state index in [1.165, 1.54) is 12.3 Å². The van der Waals surface area contributed by atoms with Crippen LogP contribution in [0.4, 0.5) is 39.4 Å². The molecule has 0 atom stereocenters. The maximum absolute atomic E-state index is 13.4. The quantitative estimate of drug-likeness (QED) is 0.832. The molecule has 0 unspecified atom stereocenters. The summed E-state index contributed by atoms with van der Waals surface area (Å²) in [7, 11) is 0. The number of hydrogen-bond acceptors (Lipinski definition) is 4. The number of halogens is 5. The van der Waals surface area contributed by atoms with E-state index in [0.717, 1.165) is 4.90 Å². The lowest BCUT2D eigenvalue weighted by Crippen LogP contribution is -2.48. The van der Waals surface area contributed by atoms with Crippen molar-refractivity contribution < 1.29 is 22.0 Å². The van der Waals surface area contributed by atoms with Crippen LogP contribution < -0.4 is 10.2 Å². The molecule has 2 heterocycles. The Bertz CT molecular complexity index is 774. The summed E-state index contributed by atoms with van der Waals surface area (Å²) in [4.78, 5) is 9.05. The van der Waals surface area contributed by atoms with Crippen molar-refractivity contribution in [1.29, 1.82) is 0 Å². The van der Waals surface area contributed by atoms with Crippen LogP contribution >= 0.6 is 0 Å². The van der Waals surface area contributed by atoms with Crippen molar-refractivity contribution in [3.8, 4) is 0 Å². The number of anilines is 3. The molecule has 0 saturated carbocycles. The SMILES string of the molecule is FC(F)(F)C(F)(F)CN1CC=Cc2cnc(Nc3ccccc3)nc21. The van der Waals surface area contributed by atoms with Crippen LogP contribution in [-0.4, -0.2) is 35.2 Å². The average Bonchev–Trinajstić information content (AvgIpc) is 2.55. The monoisotopic (exact) mass is 356 g/mol. The first kappa shape index (κ1) is 17.1. The second kappa shape index (κ2) is 6.30. The predicted molar refractivity (Wildman–Crippen MR) is 84.0 cm³/mol. The zero-order chi connectivity index (χ0) is 18.1. The number of rotatable bonds is 4. The molecule has 0 saturated heterocycles. The largest absolute Gasteiger partial charge is 0.455 e. The van der Waals surface area contributed by atoms with Crippen LogP contribution in [-0.2, 0) is 0 Å². The van der Waals surface area contributed by atoms with Gasteiger partial charge >= 0.3 is 12.1 Å². The third-order valence-electron chi connectivity index (χ3n) is 3.55. The predicted octanol–water partition coefficient (Wildman–Crippen LogP) is 4.25. The van der Waals surface area contributed by atoms with Gasteiger partial charge in [-0.2, -0.15) is 26.9 Å². The Kier molecular flexibility index (Phi) is 4.32. The maximum Gasteiger partial charge on any atom is 0.455 e. The molecule has 0 radical (unpaired) electrons. The normalized spacial score (nSPS) is 14.4. The zero-order valence-electron chi connectivity index (χ0n) is 12.8. The molecular formula is C16H13F5N4. The molecule has 1 aliphatic heterocycles. The fourth-order valence-corrected chi connectivity index (χ4v) is 2.33. The molecule has 0 fully saturated rings. The number of aromatic nitrogens is 2. The standard InChI is InChI=1S/C16H13F5N4/c17-15(18,16(19,20)21)10-25-8-4-5-11-9-22-14(24-13(11)25)23-12-6-2-1-3-7-12/h1-7,9H,8,10H2,(H,22,23,24). The molecule has 4 nitrogen and oxygen atoms in total. The molecule has 25 heavy (non-hydrogen) atoms. The number of benzene rings is 1. The van der Waals surface area contributed by atoms with Crippen molar-refractivity contribution in [1.82, 2.24) is 9.97 Å². The van der Waals surface area contributed by atoms with Crippen LogP contribution in [0, 0.1) is 0 Å². The summed E-state index contributed by atoms with van der Waals surface area (Å²) in [5.74, 6) is -4.70. The molecule has 0 aliphatic carbocycles. The Labute approximate surface area is 140 Å². The Morgan fingerprint density at radius 2 is 1.80 bits per heavy atom. The van der Waals surface area contributed by atoms with E-state index in [1.807, 2.05) is 6.07 Å². The van der Waals surface area contributed by atoms with Gasteiger partial charge in [-0.25, -0.2) is 4.98 Å². The fraction of sp³-hybridized carbons (Fsp3) is 0.250. The summed E-state index contributed by atoms with van der Waals surface area (Å²) in [5.41, 5.74) is 1.05. The molecule has 0 bridgehead atoms. The zero-order valence-corrected chi connectivity index (χ0v) is 12.8. The maximum atomic E-state index is 13.4. The smallest absolute Gasteiger partial charge is 0.346 e. The highest BCUT2D eigenvalue weighted by Crippen LogP contribution is 2.37. The van der Waals surface area contributed by atoms with Crippen LogP contribution in [0.1, 0.15) is 5.56 Å². The first-order chi connectivity index (χ1) is 11.8. The third kappa shape index (κ3) is 3.70. The van der Waals surface area contributed by atoms with Gasteiger partial charge in [0.1, 0.15) is 5.82 Å². The van der Waals surface area contributed by atoms with E-state index in [0.29, 0.717) is 11.3 Å². The second-order valence-corrected chi connectivity index (χ2v) is 5.45. The van der Waals surface area contributed by atoms with Gasteiger partial charge in [-0.1, -0.05) is 30.4 Å². The minimum atomic E-state index is -5.62. The van der Waals surface area contributed by atoms with E-state index in [2.05, 4.69) is 15.3 Å². The topological polar surface area (TPSA) is 41.1 Å². The third-order valence-corrected chi connectivity index (χ3v) is 3.55. The molecule has 1 N–H and O–H groups in total. The Hall–Kier alpha value is -2.71. The molecule has 1 aromatic carbocycles. The van der Waals surface area contributed by atoms with Gasteiger partial charge in [0.05, 0.1) is 6.54 Å². The fourth-order valence-electron chi connectivity index (χ4n) is 2.33. The second-order valence-electron chi connectivity index (χ2n) is 5.45. The molecule has 2 aromatic rings. The van der Waals surface area contributed by atoms with E-state index in [-0.39, 0.29) is 18.3 Å². The Balaban J connectivity index is 1.87. The lowest BCUT2D eigenvalue weighted by Gasteiger charge is -2.31. The van der Waals surface area contributed by atoms with E-state index < -0.39 is 18.6 Å². The number of alkyl halides is 5. The highest BCUT2D eigenvalue weighted by molar-refractivity contribution is 5.69. The van der Waals surface area contributed by atoms with Gasteiger partial charge in [-0.15, -0.1) is 0 Å². The summed E-state index contributed by atoms with van der Waals surface area (Å²) >= 11 is 0. The number of nitrogens with zero attached hydrogens (tertiary/aromatic N) is 3. The minimum absolute atomic E-state index is 0.0276. The van der Waals surface area contributed by atoms with Crippen LogP contribution in [0.25, 0.3) is 6.08 Å². The van der Waals surface area contributed by atoms with Crippen LogP contribution in [0.3, 0.4) is 0 Å². The number of hydrogen-bond donors (Lipinski definition) is 1. The summed E-state index contributed by atoms with van der Waals surface area (Å²) < 4.78 is 64.3. The molecular weight excluding hydrogens is 343 g/mol. The van der Waals surface area contributed by atoms with Crippen molar-refractivity contribution in [2.45, 2.75) is 12.1 Å². The first-order valence-electron chi connectivity index (χ1n) is 7.31. The summed E-state index contributed by atoms with van der Waals surface area (Å²) in [6, 6.07) is 8.86. The van der Waals surface area contributed by atoms with Gasteiger partial charge in [0.2, 0.25) is 5.95 Å². The highest BCUT2D eigenvalue weighted by Gasteiger charge is 2.58. The lowest BCUT2D eigenvalue weighted by atomic mass is 10.1. The summed E-state index contributed by atoms with van der Waals surface area (Å²) in [5, 5.41) is 2.88. The van der Waals surface area contributed by atoms with E-state index in [4.69, 9.17) is 0 Å². The average molecular weight is 356 g/mol. The van der Waals surface area contributed by atoms with Crippen molar-refractivity contribution in [3.05, 3.63) is 48.2 Å². The molecule has 3 rings (SSSR count). The summed E-state index contributed by atoms with van der Waals surface area (Å²) in [6.45, 7) is -1.60. The Morgan fingerprint density at radius 3 is 2.48 bits per heavy atom. The highest BCUT2D eigenvalue weighted by atomic mass is 19.4. The first-order valence-corrected chi connectivity index (χ1v) is 7.31. The van der Waals surface area contributed by atoms with Crippen molar-refractivity contribution in [2.24, 2.45) is 0 Å². The molecule has 132 valence electrons. The number of para-hydroxylation sites is 1. The molecule has 0 amide bonds. The van der Waals surface area contributed by atoms with Crippen LogP contribution in [0.2, 0.25) is 0 Å². The van der Waals surface area contributed by atoms with Gasteiger partial charge in [0.15, 0.2) is 0 Å². The molecule has 9 heteroatoms. The van der Waals surface area contributed by atoms with Gasteiger partial charge in [0, 0.05) is 24.0 Å². The van der Waals surface area contributed by atoms with Crippen molar-refractivity contribution in [3.63, 3.8) is 0 Å². The summed E-state index contributed by atoms with van der Waals surface area (Å²) in [6.07, 6.45) is -1.17. The lowest BCUT2D eigenvalue weighted by molar-refractivity contribution is -0.277.